The molecule has 1 atom stereocenters. The fourth-order valence-corrected chi connectivity index (χ4v) is 4.84. The Hall–Kier alpha value is -1.77. The standard InChI is InChI=1S/C19H25N3O4S/c23-18(13-22-16-4-1-2-5-17(16)26-19(22)24)21-6-3-11-27-14-15(21)12-20-7-9-25-10-8-20/h1-2,4-5,15H,3,6-14H2. The zero-order valence-corrected chi connectivity index (χ0v) is 16.2. The number of oxazole rings is 1. The van der Waals surface area contributed by atoms with Gasteiger partial charge < -0.3 is 14.1 Å². The number of rotatable bonds is 4. The van der Waals surface area contributed by atoms with Gasteiger partial charge in [-0.15, -0.1) is 0 Å². The summed E-state index contributed by atoms with van der Waals surface area (Å²) in [5.74, 6) is 1.52. The molecule has 1 unspecified atom stereocenters. The number of morpholine rings is 1. The summed E-state index contributed by atoms with van der Waals surface area (Å²) >= 11 is 1.91. The summed E-state index contributed by atoms with van der Waals surface area (Å²) in [7, 11) is 0. The molecule has 27 heavy (non-hydrogen) atoms. The van der Waals surface area contributed by atoms with Crippen LogP contribution in [0.5, 0.6) is 0 Å². The van der Waals surface area contributed by atoms with Crippen LogP contribution in [0.3, 0.4) is 0 Å². The molecule has 1 amide bonds. The number of nitrogens with zero attached hydrogens (tertiary/aromatic N) is 3. The fraction of sp³-hybridized carbons (Fsp3) is 0.579. The summed E-state index contributed by atoms with van der Waals surface area (Å²) in [6.45, 7) is 4.97. The van der Waals surface area contributed by atoms with Crippen LogP contribution in [0.2, 0.25) is 0 Å². The molecule has 1 aromatic heterocycles. The quantitative estimate of drug-likeness (QED) is 0.782. The Bertz CT molecular complexity index is 843. The van der Waals surface area contributed by atoms with E-state index in [1.165, 1.54) is 4.57 Å². The topological polar surface area (TPSA) is 67.9 Å². The lowest BCUT2D eigenvalue weighted by Crippen LogP contribution is -2.51. The average molecular weight is 391 g/mol. The van der Waals surface area contributed by atoms with Gasteiger partial charge in [0.25, 0.3) is 0 Å². The van der Waals surface area contributed by atoms with E-state index in [-0.39, 0.29) is 18.5 Å². The Balaban J connectivity index is 1.52. The number of amides is 1. The van der Waals surface area contributed by atoms with E-state index in [1.807, 2.05) is 34.9 Å². The van der Waals surface area contributed by atoms with Crippen LogP contribution in [-0.4, -0.2) is 77.2 Å². The molecule has 146 valence electrons. The molecule has 7 nitrogen and oxygen atoms in total. The summed E-state index contributed by atoms with van der Waals surface area (Å²) in [4.78, 5) is 29.7. The number of hydrogen-bond donors (Lipinski definition) is 0. The number of para-hydroxylation sites is 2. The zero-order chi connectivity index (χ0) is 18.6. The predicted molar refractivity (Wildman–Crippen MR) is 105 cm³/mol. The van der Waals surface area contributed by atoms with Gasteiger partial charge in [0.1, 0.15) is 6.54 Å². The van der Waals surface area contributed by atoms with Crippen LogP contribution in [0.4, 0.5) is 0 Å². The van der Waals surface area contributed by atoms with E-state index in [1.54, 1.807) is 6.07 Å². The Labute approximate surface area is 162 Å². The maximum absolute atomic E-state index is 13.1. The van der Waals surface area contributed by atoms with Crippen LogP contribution in [0.25, 0.3) is 11.1 Å². The second-order valence-corrected chi connectivity index (χ2v) is 8.15. The first-order valence-electron chi connectivity index (χ1n) is 9.48. The maximum Gasteiger partial charge on any atom is 0.420 e. The number of hydrogen-bond acceptors (Lipinski definition) is 6. The second-order valence-electron chi connectivity index (χ2n) is 7.00. The van der Waals surface area contributed by atoms with E-state index in [4.69, 9.17) is 9.15 Å². The molecule has 2 aromatic rings. The van der Waals surface area contributed by atoms with E-state index in [2.05, 4.69) is 4.90 Å². The van der Waals surface area contributed by atoms with Gasteiger partial charge in [0.05, 0.1) is 24.8 Å². The lowest BCUT2D eigenvalue weighted by atomic mass is 10.2. The molecule has 0 N–H and O–H groups in total. The number of carbonyl (C=O) groups is 1. The smallest absolute Gasteiger partial charge is 0.408 e. The minimum Gasteiger partial charge on any atom is -0.408 e. The molecular formula is C19H25N3O4S. The fourth-order valence-electron chi connectivity index (χ4n) is 3.78. The van der Waals surface area contributed by atoms with Gasteiger partial charge in [-0.1, -0.05) is 12.1 Å². The highest BCUT2D eigenvalue weighted by molar-refractivity contribution is 7.99. The minimum absolute atomic E-state index is 0.00980. The van der Waals surface area contributed by atoms with Crippen molar-refractivity contribution in [3.05, 3.63) is 34.8 Å². The van der Waals surface area contributed by atoms with Crippen LogP contribution in [0.1, 0.15) is 6.42 Å². The summed E-state index contributed by atoms with van der Waals surface area (Å²) in [6.07, 6.45) is 0.983. The lowest BCUT2D eigenvalue weighted by molar-refractivity contribution is -0.134. The Kier molecular flexibility index (Phi) is 5.85. The lowest BCUT2D eigenvalue weighted by Gasteiger charge is -2.35. The first-order valence-corrected chi connectivity index (χ1v) is 10.6. The molecule has 0 saturated carbocycles. The highest BCUT2D eigenvalue weighted by Gasteiger charge is 2.29. The number of thioether (sulfide) groups is 1. The van der Waals surface area contributed by atoms with Gasteiger partial charge in [0.2, 0.25) is 5.91 Å². The maximum atomic E-state index is 13.1. The van der Waals surface area contributed by atoms with Gasteiger partial charge in [-0.3, -0.25) is 14.3 Å². The van der Waals surface area contributed by atoms with E-state index in [0.717, 1.165) is 57.3 Å². The molecule has 2 aliphatic rings. The van der Waals surface area contributed by atoms with Crippen molar-refractivity contribution in [1.29, 1.82) is 0 Å². The molecule has 0 radical (unpaired) electrons. The number of fused-ring (bicyclic) bond motifs is 1. The highest BCUT2D eigenvalue weighted by Crippen LogP contribution is 2.19. The largest absolute Gasteiger partial charge is 0.420 e. The highest BCUT2D eigenvalue weighted by atomic mass is 32.2. The molecule has 3 heterocycles. The number of ether oxygens (including phenoxy) is 1. The van der Waals surface area contributed by atoms with Crippen molar-refractivity contribution in [1.82, 2.24) is 14.4 Å². The van der Waals surface area contributed by atoms with Gasteiger partial charge >= 0.3 is 5.76 Å². The first kappa shape index (κ1) is 18.6. The van der Waals surface area contributed by atoms with E-state index < -0.39 is 5.76 Å². The minimum atomic E-state index is -0.474. The third kappa shape index (κ3) is 4.23. The molecular weight excluding hydrogens is 366 g/mol. The number of aromatic nitrogens is 1. The van der Waals surface area contributed by atoms with Crippen molar-refractivity contribution in [3.8, 4) is 0 Å². The van der Waals surface area contributed by atoms with Gasteiger partial charge in [-0.05, 0) is 24.3 Å². The van der Waals surface area contributed by atoms with Crippen molar-refractivity contribution in [3.63, 3.8) is 0 Å². The molecule has 0 bridgehead atoms. The third-order valence-electron chi connectivity index (χ3n) is 5.20. The van der Waals surface area contributed by atoms with Gasteiger partial charge in [0, 0.05) is 31.9 Å². The van der Waals surface area contributed by atoms with Crippen molar-refractivity contribution in [2.75, 3.05) is 50.9 Å². The Morgan fingerprint density at radius 2 is 2.00 bits per heavy atom. The summed E-state index contributed by atoms with van der Waals surface area (Å²) in [6, 6.07) is 7.40. The van der Waals surface area contributed by atoms with Crippen LogP contribution >= 0.6 is 11.8 Å². The average Bonchev–Trinajstić information content (AvgIpc) is 2.84. The summed E-state index contributed by atoms with van der Waals surface area (Å²) in [5, 5.41) is 0. The summed E-state index contributed by atoms with van der Waals surface area (Å²) < 4.78 is 12.2. The normalized spacial score (nSPS) is 22.1. The Morgan fingerprint density at radius 1 is 1.19 bits per heavy atom. The van der Waals surface area contributed by atoms with Crippen molar-refractivity contribution in [2.45, 2.75) is 19.0 Å². The van der Waals surface area contributed by atoms with Crippen LogP contribution in [0.15, 0.2) is 33.5 Å². The molecule has 0 spiro atoms. The van der Waals surface area contributed by atoms with Crippen molar-refractivity contribution < 1.29 is 13.9 Å². The second kappa shape index (κ2) is 8.50. The van der Waals surface area contributed by atoms with Crippen molar-refractivity contribution >= 4 is 28.8 Å². The monoisotopic (exact) mass is 391 g/mol. The molecule has 0 aliphatic carbocycles. The number of carbonyl (C=O) groups excluding carboxylic acids is 1. The van der Waals surface area contributed by atoms with Gasteiger partial charge in [-0.2, -0.15) is 11.8 Å². The van der Waals surface area contributed by atoms with Crippen LogP contribution in [0, 0.1) is 0 Å². The van der Waals surface area contributed by atoms with Crippen molar-refractivity contribution in [2.24, 2.45) is 0 Å². The van der Waals surface area contributed by atoms with E-state index in [9.17, 15) is 9.59 Å². The van der Waals surface area contributed by atoms with E-state index in [0.29, 0.717) is 11.1 Å². The SMILES string of the molecule is O=C(Cn1c(=O)oc2ccccc21)N1CCCSCC1CN1CCOCC1. The van der Waals surface area contributed by atoms with Gasteiger partial charge in [0.15, 0.2) is 5.58 Å². The molecule has 4 rings (SSSR count). The van der Waals surface area contributed by atoms with Crippen LogP contribution in [-0.2, 0) is 16.1 Å². The summed E-state index contributed by atoms with van der Waals surface area (Å²) in [5.41, 5.74) is 1.19. The predicted octanol–water partition coefficient (Wildman–Crippen LogP) is 1.26. The van der Waals surface area contributed by atoms with Crippen LogP contribution < -0.4 is 5.76 Å². The molecule has 2 saturated heterocycles. The molecule has 1 aromatic carbocycles. The molecule has 2 aliphatic heterocycles. The third-order valence-corrected chi connectivity index (χ3v) is 6.40. The first-order chi connectivity index (χ1) is 13.2. The number of benzene rings is 1. The zero-order valence-electron chi connectivity index (χ0n) is 15.3. The van der Waals surface area contributed by atoms with E-state index >= 15 is 0 Å². The van der Waals surface area contributed by atoms with Gasteiger partial charge in [-0.25, -0.2) is 4.79 Å². The molecule has 8 heteroatoms. The Morgan fingerprint density at radius 3 is 2.85 bits per heavy atom. The molecule has 2 fully saturated rings.